The lowest BCUT2D eigenvalue weighted by atomic mass is 10.2. The van der Waals surface area contributed by atoms with Crippen LogP contribution < -0.4 is 10.1 Å². The van der Waals surface area contributed by atoms with Gasteiger partial charge in [-0.3, -0.25) is 4.68 Å². The fraction of sp³-hybridized carbons (Fsp3) is 0.467. The molecule has 0 fully saturated rings. The maximum atomic E-state index is 6.38. The molecule has 1 N–H and O–H groups in total. The Morgan fingerprint density at radius 3 is 2.67 bits per heavy atom. The largest absolute Gasteiger partial charge is 0.481 e. The number of nitrogens with zero attached hydrogens (tertiary/aromatic N) is 3. The first-order chi connectivity index (χ1) is 10.2. The number of hydrogen-bond acceptors (Lipinski definition) is 4. The van der Waals surface area contributed by atoms with Crippen molar-refractivity contribution in [2.75, 3.05) is 7.11 Å². The molecular formula is C15H21ClN4O. The minimum atomic E-state index is 0.624. The van der Waals surface area contributed by atoms with E-state index < -0.39 is 0 Å². The molecule has 0 unspecified atom stereocenters. The van der Waals surface area contributed by atoms with Gasteiger partial charge in [0.15, 0.2) is 0 Å². The molecule has 0 saturated heterocycles. The Balaban J connectivity index is 1.97. The SMILES string of the molecule is CCc1nn(CC)c(CNCc2ccc(OC)nc2)c1Cl. The summed E-state index contributed by atoms with van der Waals surface area (Å²) in [7, 11) is 1.61. The summed E-state index contributed by atoms with van der Waals surface area (Å²) >= 11 is 6.38. The van der Waals surface area contributed by atoms with Gasteiger partial charge in [-0.25, -0.2) is 4.98 Å². The maximum absolute atomic E-state index is 6.38. The van der Waals surface area contributed by atoms with Gasteiger partial charge in [-0.05, 0) is 18.9 Å². The van der Waals surface area contributed by atoms with Crippen LogP contribution in [0.25, 0.3) is 0 Å². The average Bonchev–Trinajstić information content (AvgIpc) is 2.84. The summed E-state index contributed by atoms with van der Waals surface area (Å²) in [5.41, 5.74) is 3.10. The number of hydrogen-bond donors (Lipinski definition) is 1. The highest BCUT2D eigenvalue weighted by Crippen LogP contribution is 2.21. The summed E-state index contributed by atoms with van der Waals surface area (Å²) in [6, 6.07) is 3.85. The molecule has 0 saturated carbocycles. The summed E-state index contributed by atoms with van der Waals surface area (Å²) in [6.45, 7) is 6.37. The number of methoxy groups -OCH3 is 1. The van der Waals surface area contributed by atoms with E-state index in [1.807, 2.05) is 23.0 Å². The Kier molecular flexibility index (Phi) is 5.59. The second kappa shape index (κ2) is 7.43. The molecular weight excluding hydrogens is 288 g/mol. The zero-order valence-corrected chi connectivity index (χ0v) is 13.4. The van der Waals surface area contributed by atoms with Gasteiger partial charge in [-0.15, -0.1) is 0 Å². The smallest absolute Gasteiger partial charge is 0.212 e. The lowest BCUT2D eigenvalue weighted by Crippen LogP contribution is -2.16. The van der Waals surface area contributed by atoms with Crippen LogP contribution in [0.4, 0.5) is 0 Å². The first-order valence-electron chi connectivity index (χ1n) is 7.13. The summed E-state index contributed by atoms with van der Waals surface area (Å²) in [4.78, 5) is 4.19. The van der Waals surface area contributed by atoms with Crippen LogP contribution in [-0.2, 0) is 26.1 Å². The molecule has 0 radical (unpaired) electrons. The highest BCUT2D eigenvalue weighted by molar-refractivity contribution is 6.31. The fourth-order valence-electron chi connectivity index (χ4n) is 2.15. The van der Waals surface area contributed by atoms with Crippen LogP contribution in [0.2, 0.25) is 5.02 Å². The third-order valence-electron chi connectivity index (χ3n) is 3.32. The number of halogens is 1. The van der Waals surface area contributed by atoms with Gasteiger partial charge in [0, 0.05) is 31.9 Å². The van der Waals surface area contributed by atoms with Crippen molar-refractivity contribution < 1.29 is 4.74 Å². The normalized spacial score (nSPS) is 10.9. The Labute approximate surface area is 130 Å². The standard InChI is InChI=1S/C15H21ClN4O/c1-4-12-15(16)13(20(5-2)19-12)10-17-8-11-6-7-14(21-3)18-9-11/h6-7,9,17H,4-5,8,10H2,1-3H3. The monoisotopic (exact) mass is 308 g/mol. The molecule has 0 spiro atoms. The van der Waals surface area contributed by atoms with Crippen molar-refractivity contribution in [2.45, 2.75) is 39.9 Å². The molecule has 6 heteroatoms. The number of pyridine rings is 1. The summed E-state index contributed by atoms with van der Waals surface area (Å²) < 4.78 is 7.00. The minimum absolute atomic E-state index is 0.624. The molecule has 0 aliphatic heterocycles. The van der Waals surface area contributed by atoms with Gasteiger partial charge < -0.3 is 10.1 Å². The number of rotatable bonds is 7. The summed E-state index contributed by atoms with van der Waals surface area (Å²) in [5, 5.41) is 8.67. The fourth-order valence-corrected chi connectivity index (χ4v) is 2.48. The number of ether oxygens (including phenoxy) is 1. The molecule has 0 bridgehead atoms. The van der Waals surface area contributed by atoms with E-state index in [0.717, 1.165) is 41.5 Å². The molecule has 2 aromatic heterocycles. The van der Waals surface area contributed by atoms with Gasteiger partial charge in [0.1, 0.15) is 0 Å². The molecule has 2 rings (SSSR count). The van der Waals surface area contributed by atoms with Crippen LogP contribution in [0, 0.1) is 0 Å². The first kappa shape index (κ1) is 15.8. The van der Waals surface area contributed by atoms with Crippen molar-refractivity contribution in [3.8, 4) is 5.88 Å². The van der Waals surface area contributed by atoms with Crippen molar-refractivity contribution >= 4 is 11.6 Å². The van der Waals surface area contributed by atoms with E-state index >= 15 is 0 Å². The van der Waals surface area contributed by atoms with Crippen molar-refractivity contribution in [3.63, 3.8) is 0 Å². The Hall–Kier alpha value is -1.59. The second-order valence-corrected chi connectivity index (χ2v) is 5.07. The molecule has 0 aliphatic carbocycles. The summed E-state index contributed by atoms with van der Waals surface area (Å²) in [6.07, 6.45) is 2.66. The molecule has 114 valence electrons. The summed E-state index contributed by atoms with van der Waals surface area (Å²) in [5.74, 6) is 0.624. The predicted octanol–water partition coefficient (Wildman–Crippen LogP) is 2.81. The lowest BCUT2D eigenvalue weighted by molar-refractivity contribution is 0.397. The van der Waals surface area contributed by atoms with E-state index in [9.17, 15) is 0 Å². The number of nitrogens with one attached hydrogen (secondary N) is 1. The number of aromatic nitrogens is 3. The molecule has 0 aliphatic rings. The van der Waals surface area contributed by atoms with Gasteiger partial charge in [-0.2, -0.15) is 5.10 Å². The zero-order valence-electron chi connectivity index (χ0n) is 12.7. The highest BCUT2D eigenvalue weighted by atomic mass is 35.5. The van der Waals surface area contributed by atoms with Crippen molar-refractivity contribution in [1.29, 1.82) is 0 Å². The van der Waals surface area contributed by atoms with E-state index in [1.54, 1.807) is 7.11 Å². The third kappa shape index (κ3) is 3.74. The molecule has 2 heterocycles. The quantitative estimate of drug-likeness (QED) is 0.854. The van der Waals surface area contributed by atoms with Crippen LogP contribution in [-0.4, -0.2) is 21.9 Å². The number of aryl methyl sites for hydroxylation is 2. The molecule has 21 heavy (non-hydrogen) atoms. The Morgan fingerprint density at radius 1 is 1.29 bits per heavy atom. The van der Waals surface area contributed by atoms with E-state index in [4.69, 9.17) is 16.3 Å². The topological polar surface area (TPSA) is 52.0 Å². The Bertz CT molecular complexity index is 580. The molecule has 5 nitrogen and oxygen atoms in total. The third-order valence-corrected chi connectivity index (χ3v) is 3.76. The van der Waals surface area contributed by atoms with Gasteiger partial charge in [0.2, 0.25) is 5.88 Å². The zero-order chi connectivity index (χ0) is 15.2. The molecule has 0 aromatic carbocycles. The van der Waals surface area contributed by atoms with E-state index in [1.165, 1.54) is 0 Å². The van der Waals surface area contributed by atoms with Crippen LogP contribution in [0.3, 0.4) is 0 Å². The van der Waals surface area contributed by atoms with Crippen molar-refractivity contribution in [2.24, 2.45) is 0 Å². The van der Waals surface area contributed by atoms with Crippen molar-refractivity contribution in [3.05, 3.63) is 40.3 Å². The maximum Gasteiger partial charge on any atom is 0.212 e. The lowest BCUT2D eigenvalue weighted by Gasteiger charge is -2.08. The predicted molar refractivity (Wildman–Crippen MR) is 83.6 cm³/mol. The first-order valence-corrected chi connectivity index (χ1v) is 7.51. The van der Waals surface area contributed by atoms with Crippen molar-refractivity contribution in [1.82, 2.24) is 20.1 Å². The highest BCUT2D eigenvalue weighted by Gasteiger charge is 2.13. The molecule has 0 amide bonds. The average molecular weight is 309 g/mol. The van der Waals surface area contributed by atoms with Crippen LogP contribution >= 0.6 is 11.6 Å². The van der Waals surface area contributed by atoms with Gasteiger partial charge in [0.05, 0.1) is 23.5 Å². The van der Waals surface area contributed by atoms with Crippen LogP contribution in [0.5, 0.6) is 5.88 Å². The second-order valence-electron chi connectivity index (χ2n) is 4.69. The van der Waals surface area contributed by atoms with Gasteiger partial charge in [0.25, 0.3) is 0 Å². The van der Waals surface area contributed by atoms with Gasteiger partial charge in [-0.1, -0.05) is 24.6 Å². The van der Waals surface area contributed by atoms with E-state index in [2.05, 4.69) is 29.2 Å². The molecule has 0 atom stereocenters. The van der Waals surface area contributed by atoms with Gasteiger partial charge >= 0.3 is 0 Å². The van der Waals surface area contributed by atoms with E-state index in [-0.39, 0.29) is 0 Å². The van der Waals surface area contributed by atoms with Crippen LogP contribution in [0.1, 0.15) is 30.8 Å². The van der Waals surface area contributed by atoms with E-state index in [0.29, 0.717) is 12.4 Å². The van der Waals surface area contributed by atoms with Crippen LogP contribution in [0.15, 0.2) is 18.3 Å². The molecule has 2 aromatic rings. The minimum Gasteiger partial charge on any atom is -0.481 e. The Morgan fingerprint density at radius 2 is 2.10 bits per heavy atom.